The standard InChI is InChI=1S/C20H18N2/c1-13-3-7-16(8-4-13)22-19-9-5-14(2)11-17(19)18-12-15(21)6-10-20(18)22/h3-12H,21H2,1-2H3. The fraction of sp³-hybridized carbons (Fsp3) is 0.100. The van der Waals surface area contributed by atoms with Gasteiger partial charge >= 0.3 is 0 Å². The molecule has 4 rings (SSSR count). The van der Waals surface area contributed by atoms with Crippen LogP contribution in [0.1, 0.15) is 11.1 Å². The number of nitrogens with two attached hydrogens (primary N) is 1. The molecular formula is C20H18N2. The maximum Gasteiger partial charge on any atom is 0.0542 e. The fourth-order valence-electron chi connectivity index (χ4n) is 3.13. The Labute approximate surface area is 129 Å². The lowest BCUT2D eigenvalue weighted by Gasteiger charge is -2.08. The minimum absolute atomic E-state index is 0.803. The molecule has 0 aliphatic rings. The largest absolute Gasteiger partial charge is 0.399 e. The Bertz CT molecular complexity index is 933. The molecule has 0 unspecified atom stereocenters. The summed E-state index contributed by atoms with van der Waals surface area (Å²) in [6.45, 7) is 4.24. The molecule has 0 saturated carbocycles. The van der Waals surface area contributed by atoms with E-state index in [1.165, 1.54) is 38.6 Å². The van der Waals surface area contributed by atoms with Gasteiger partial charge in [0.2, 0.25) is 0 Å². The van der Waals surface area contributed by atoms with Crippen LogP contribution in [0, 0.1) is 13.8 Å². The third-order valence-electron chi connectivity index (χ3n) is 4.24. The lowest BCUT2D eigenvalue weighted by molar-refractivity contribution is 1.17. The monoisotopic (exact) mass is 286 g/mol. The first-order chi connectivity index (χ1) is 10.6. The highest BCUT2D eigenvalue weighted by molar-refractivity contribution is 6.10. The second-order valence-electron chi connectivity index (χ2n) is 5.97. The van der Waals surface area contributed by atoms with Crippen LogP contribution in [0.3, 0.4) is 0 Å². The lowest BCUT2D eigenvalue weighted by Crippen LogP contribution is -1.94. The number of benzene rings is 3. The van der Waals surface area contributed by atoms with Crippen LogP contribution in [0.2, 0.25) is 0 Å². The highest BCUT2D eigenvalue weighted by Crippen LogP contribution is 2.33. The van der Waals surface area contributed by atoms with Crippen molar-refractivity contribution < 1.29 is 0 Å². The van der Waals surface area contributed by atoms with E-state index >= 15 is 0 Å². The molecule has 2 N–H and O–H groups in total. The maximum absolute atomic E-state index is 6.01. The van der Waals surface area contributed by atoms with Crippen LogP contribution in [0.25, 0.3) is 27.5 Å². The van der Waals surface area contributed by atoms with Crippen LogP contribution >= 0.6 is 0 Å². The zero-order chi connectivity index (χ0) is 15.3. The number of nitrogen functional groups attached to an aromatic ring is 1. The molecule has 0 spiro atoms. The van der Waals surface area contributed by atoms with Crippen LogP contribution in [-0.4, -0.2) is 4.57 Å². The quantitative estimate of drug-likeness (QED) is 0.491. The number of anilines is 1. The van der Waals surface area contributed by atoms with Crippen molar-refractivity contribution in [1.29, 1.82) is 0 Å². The zero-order valence-electron chi connectivity index (χ0n) is 12.8. The molecule has 0 amide bonds. The Hall–Kier alpha value is -2.74. The van der Waals surface area contributed by atoms with E-state index in [1.54, 1.807) is 0 Å². The first-order valence-corrected chi connectivity index (χ1v) is 7.51. The number of hydrogen-bond acceptors (Lipinski definition) is 1. The predicted octanol–water partition coefficient (Wildman–Crippen LogP) is 4.98. The van der Waals surface area contributed by atoms with Gasteiger partial charge in [-0.3, -0.25) is 0 Å². The SMILES string of the molecule is Cc1ccc(-n2c3ccc(C)cc3c3cc(N)ccc32)cc1. The number of aromatic nitrogens is 1. The normalized spacial score (nSPS) is 11.4. The van der Waals surface area contributed by atoms with Crippen molar-refractivity contribution in [2.45, 2.75) is 13.8 Å². The average Bonchev–Trinajstić information content (AvgIpc) is 2.81. The summed E-state index contributed by atoms with van der Waals surface area (Å²) >= 11 is 0. The van der Waals surface area contributed by atoms with E-state index in [1.807, 2.05) is 6.07 Å². The Balaban J connectivity index is 2.17. The van der Waals surface area contributed by atoms with Gasteiger partial charge in [-0.2, -0.15) is 0 Å². The van der Waals surface area contributed by atoms with Crippen molar-refractivity contribution in [1.82, 2.24) is 4.57 Å². The fourth-order valence-corrected chi connectivity index (χ4v) is 3.13. The smallest absolute Gasteiger partial charge is 0.0542 e. The van der Waals surface area contributed by atoms with Crippen LogP contribution in [0.4, 0.5) is 5.69 Å². The van der Waals surface area contributed by atoms with Gasteiger partial charge < -0.3 is 10.3 Å². The van der Waals surface area contributed by atoms with Crippen LogP contribution in [0.5, 0.6) is 0 Å². The topological polar surface area (TPSA) is 30.9 Å². The number of hydrogen-bond donors (Lipinski definition) is 1. The second kappa shape index (κ2) is 4.63. The van der Waals surface area contributed by atoms with Crippen molar-refractivity contribution in [3.05, 3.63) is 71.8 Å². The molecular weight excluding hydrogens is 268 g/mol. The summed E-state index contributed by atoms with van der Waals surface area (Å²) in [6.07, 6.45) is 0. The van der Waals surface area contributed by atoms with E-state index in [9.17, 15) is 0 Å². The first kappa shape index (κ1) is 13.0. The van der Waals surface area contributed by atoms with Crippen LogP contribution in [0.15, 0.2) is 60.7 Å². The summed E-state index contributed by atoms with van der Waals surface area (Å²) < 4.78 is 2.31. The summed E-state index contributed by atoms with van der Waals surface area (Å²) in [7, 11) is 0. The van der Waals surface area contributed by atoms with Crippen molar-refractivity contribution >= 4 is 27.5 Å². The predicted molar refractivity (Wildman–Crippen MR) is 94.7 cm³/mol. The number of rotatable bonds is 1. The summed E-state index contributed by atoms with van der Waals surface area (Å²) in [5.74, 6) is 0. The van der Waals surface area contributed by atoms with Gasteiger partial charge in [0.15, 0.2) is 0 Å². The first-order valence-electron chi connectivity index (χ1n) is 7.51. The lowest BCUT2D eigenvalue weighted by atomic mass is 10.1. The molecule has 0 saturated heterocycles. The molecule has 0 aliphatic carbocycles. The van der Waals surface area contributed by atoms with E-state index in [-0.39, 0.29) is 0 Å². The van der Waals surface area contributed by atoms with Crippen molar-refractivity contribution in [3.8, 4) is 5.69 Å². The third kappa shape index (κ3) is 1.88. The molecule has 1 aromatic heterocycles. The highest BCUT2D eigenvalue weighted by Gasteiger charge is 2.12. The Kier molecular flexibility index (Phi) is 2.73. The molecule has 108 valence electrons. The van der Waals surface area contributed by atoms with Gasteiger partial charge in [-0.15, -0.1) is 0 Å². The molecule has 0 fully saturated rings. The molecule has 22 heavy (non-hydrogen) atoms. The third-order valence-corrected chi connectivity index (χ3v) is 4.24. The molecule has 0 atom stereocenters. The summed E-state index contributed by atoms with van der Waals surface area (Å²) in [5, 5.41) is 2.46. The summed E-state index contributed by atoms with van der Waals surface area (Å²) in [6, 6.07) is 21.4. The van der Waals surface area contributed by atoms with Gasteiger partial charge in [0.05, 0.1) is 11.0 Å². The summed E-state index contributed by atoms with van der Waals surface area (Å²) in [5.41, 5.74) is 12.9. The number of fused-ring (bicyclic) bond motifs is 3. The molecule has 0 bridgehead atoms. The van der Waals surface area contributed by atoms with E-state index < -0.39 is 0 Å². The number of aryl methyl sites for hydroxylation is 2. The van der Waals surface area contributed by atoms with Crippen molar-refractivity contribution in [2.75, 3.05) is 5.73 Å². The van der Waals surface area contributed by atoms with Gasteiger partial charge in [0.1, 0.15) is 0 Å². The minimum Gasteiger partial charge on any atom is -0.399 e. The minimum atomic E-state index is 0.803. The van der Waals surface area contributed by atoms with Crippen LogP contribution in [-0.2, 0) is 0 Å². The van der Waals surface area contributed by atoms with E-state index in [0.29, 0.717) is 0 Å². The molecule has 0 radical (unpaired) electrons. The molecule has 4 aromatic rings. The Morgan fingerprint density at radius 3 is 2.00 bits per heavy atom. The zero-order valence-corrected chi connectivity index (χ0v) is 12.8. The van der Waals surface area contributed by atoms with E-state index in [2.05, 4.69) is 73.0 Å². The highest BCUT2D eigenvalue weighted by atomic mass is 15.0. The van der Waals surface area contributed by atoms with Gasteiger partial charge in [0.25, 0.3) is 0 Å². The van der Waals surface area contributed by atoms with Crippen molar-refractivity contribution in [3.63, 3.8) is 0 Å². The van der Waals surface area contributed by atoms with Crippen molar-refractivity contribution in [2.24, 2.45) is 0 Å². The van der Waals surface area contributed by atoms with Gasteiger partial charge in [-0.25, -0.2) is 0 Å². The molecule has 2 heteroatoms. The van der Waals surface area contributed by atoms with Gasteiger partial charge in [-0.1, -0.05) is 29.3 Å². The molecule has 0 aliphatic heterocycles. The Morgan fingerprint density at radius 1 is 0.682 bits per heavy atom. The molecule has 2 nitrogen and oxygen atoms in total. The Morgan fingerprint density at radius 2 is 1.27 bits per heavy atom. The van der Waals surface area contributed by atoms with Crippen LogP contribution < -0.4 is 5.73 Å². The molecule has 3 aromatic carbocycles. The average molecular weight is 286 g/mol. The van der Waals surface area contributed by atoms with E-state index in [4.69, 9.17) is 5.73 Å². The molecule has 1 heterocycles. The number of nitrogens with zero attached hydrogens (tertiary/aromatic N) is 1. The van der Waals surface area contributed by atoms with Gasteiger partial charge in [-0.05, 0) is 56.3 Å². The van der Waals surface area contributed by atoms with E-state index in [0.717, 1.165) is 5.69 Å². The summed E-state index contributed by atoms with van der Waals surface area (Å²) in [4.78, 5) is 0. The maximum atomic E-state index is 6.01. The van der Waals surface area contributed by atoms with Gasteiger partial charge in [0, 0.05) is 22.1 Å². The second-order valence-corrected chi connectivity index (χ2v) is 5.97.